The van der Waals surface area contributed by atoms with E-state index in [1.54, 1.807) is 12.6 Å². The first-order chi connectivity index (χ1) is 8.51. The maximum atomic E-state index is 11.6. The van der Waals surface area contributed by atoms with Crippen LogP contribution in [0.5, 0.6) is 0 Å². The molecule has 1 aromatic rings. The topological polar surface area (TPSA) is 50.1 Å². The smallest absolute Gasteiger partial charge is 0.348 e. The Balaban J connectivity index is 3.06. The number of nitriles is 1. The van der Waals surface area contributed by atoms with E-state index in [0.29, 0.717) is 0 Å². The molecule has 0 heterocycles. The van der Waals surface area contributed by atoms with Crippen molar-refractivity contribution < 1.29 is 9.53 Å². The molecule has 0 aliphatic rings. The van der Waals surface area contributed by atoms with Crippen molar-refractivity contribution >= 4 is 19.2 Å². The van der Waals surface area contributed by atoms with Crippen LogP contribution in [-0.2, 0) is 9.53 Å². The Morgan fingerprint density at radius 2 is 2.00 bits per heavy atom. The van der Waals surface area contributed by atoms with Crippen molar-refractivity contribution in [1.82, 2.24) is 0 Å². The molecule has 1 rings (SSSR count). The Hall–Kier alpha value is -1.86. The van der Waals surface area contributed by atoms with Gasteiger partial charge in [0.05, 0.1) is 6.61 Å². The monoisotopic (exact) mass is 259 g/mol. The summed E-state index contributed by atoms with van der Waals surface area (Å²) >= 11 is 0. The van der Waals surface area contributed by atoms with Gasteiger partial charge in [0.1, 0.15) is 19.7 Å². The van der Waals surface area contributed by atoms with Gasteiger partial charge in [-0.15, -0.1) is 0 Å². The first-order valence-electron chi connectivity index (χ1n) is 5.87. The van der Waals surface area contributed by atoms with Crippen molar-refractivity contribution in [1.29, 1.82) is 5.26 Å². The van der Waals surface area contributed by atoms with E-state index < -0.39 is 14.0 Å². The number of benzene rings is 1. The average Bonchev–Trinajstić information content (AvgIpc) is 2.37. The Kier molecular flexibility index (Phi) is 4.87. The third-order valence-corrected chi connectivity index (χ3v) is 5.47. The summed E-state index contributed by atoms with van der Waals surface area (Å²) in [6, 6.07) is 11.9. The van der Waals surface area contributed by atoms with E-state index >= 15 is 0 Å². The van der Waals surface area contributed by atoms with E-state index in [1.165, 1.54) is 5.19 Å². The lowest BCUT2D eigenvalue weighted by Gasteiger charge is -2.18. The lowest BCUT2D eigenvalue weighted by atomic mass is 10.3. The largest absolute Gasteiger partial charge is 0.462 e. The summed E-state index contributed by atoms with van der Waals surface area (Å²) in [4.78, 5) is 11.6. The highest BCUT2D eigenvalue weighted by molar-refractivity contribution is 6.94. The maximum absolute atomic E-state index is 11.6. The number of ether oxygens (including phenoxy) is 1. The molecule has 3 nitrogen and oxygen atoms in total. The second kappa shape index (κ2) is 6.17. The lowest BCUT2D eigenvalue weighted by Crippen LogP contribution is -2.40. The molecule has 0 saturated heterocycles. The second-order valence-corrected chi connectivity index (χ2v) is 8.79. The molecule has 0 atom stereocenters. The third-order valence-electron chi connectivity index (χ3n) is 2.64. The van der Waals surface area contributed by atoms with Crippen molar-refractivity contribution in [3.63, 3.8) is 0 Å². The van der Waals surface area contributed by atoms with Gasteiger partial charge in [0, 0.05) is 0 Å². The average molecular weight is 259 g/mol. The first-order valence-corrected chi connectivity index (χ1v) is 8.94. The van der Waals surface area contributed by atoms with Crippen molar-refractivity contribution in [3.05, 3.63) is 41.6 Å². The fraction of sp³-hybridized carbons (Fsp3) is 0.286. The summed E-state index contributed by atoms with van der Waals surface area (Å²) < 4.78 is 4.87. The molecular weight excluding hydrogens is 242 g/mol. The van der Waals surface area contributed by atoms with E-state index in [1.807, 2.05) is 36.4 Å². The molecule has 0 spiro atoms. The van der Waals surface area contributed by atoms with Gasteiger partial charge in [0.2, 0.25) is 0 Å². The molecular formula is C14H17NO2Si. The van der Waals surface area contributed by atoms with Crippen LogP contribution in [0.15, 0.2) is 41.6 Å². The summed E-state index contributed by atoms with van der Waals surface area (Å²) in [5.74, 6) is -0.531. The van der Waals surface area contributed by atoms with Crippen LogP contribution < -0.4 is 5.19 Å². The zero-order chi connectivity index (χ0) is 13.6. The lowest BCUT2D eigenvalue weighted by molar-refractivity contribution is -0.138. The highest BCUT2D eigenvalue weighted by Crippen LogP contribution is 2.09. The molecule has 0 amide bonds. The van der Waals surface area contributed by atoms with Gasteiger partial charge < -0.3 is 4.74 Å². The van der Waals surface area contributed by atoms with Gasteiger partial charge >= 0.3 is 5.97 Å². The zero-order valence-corrected chi connectivity index (χ0v) is 11.9. The highest BCUT2D eigenvalue weighted by atomic mass is 28.3. The molecule has 0 aliphatic heterocycles. The molecule has 0 bridgehead atoms. The molecule has 0 unspecified atom stereocenters. The molecule has 0 fully saturated rings. The van der Waals surface area contributed by atoms with E-state index in [2.05, 4.69) is 13.1 Å². The van der Waals surface area contributed by atoms with Crippen LogP contribution in [0.3, 0.4) is 0 Å². The number of rotatable bonds is 4. The number of nitrogens with zero attached hydrogens (tertiary/aromatic N) is 1. The Morgan fingerprint density at radius 3 is 2.50 bits per heavy atom. The van der Waals surface area contributed by atoms with Gasteiger partial charge in [-0.05, 0) is 6.92 Å². The van der Waals surface area contributed by atoms with E-state index in [9.17, 15) is 4.79 Å². The fourth-order valence-corrected chi connectivity index (χ4v) is 3.78. The van der Waals surface area contributed by atoms with Crippen LogP contribution in [0.4, 0.5) is 0 Å². The summed E-state index contributed by atoms with van der Waals surface area (Å²) in [5.41, 5.74) is 1.90. The molecule has 0 aliphatic carbocycles. The summed E-state index contributed by atoms with van der Waals surface area (Å²) in [6.45, 7) is 6.20. The molecule has 0 N–H and O–H groups in total. The third kappa shape index (κ3) is 3.57. The van der Waals surface area contributed by atoms with Crippen molar-refractivity contribution in [3.8, 4) is 6.07 Å². The van der Waals surface area contributed by atoms with E-state index in [4.69, 9.17) is 10.00 Å². The van der Waals surface area contributed by atoms with Gasteiger partial charge in [-0.3, -0.25) is 0 Å². The number of hydrogen-bond acceptors (Lipinski definition) is 3. The SMILES string of the molecule is CCOC(=O)C(C#N)=C[Si](C)(C)c1ccccc1. The van der Waals surface area contributed by atoms with E-state index in [0.717, 1.165) is 0 Å². The minimum absolute atomic E-state index is 0.109. The normalized spacial score (nSPS) is 11.8. The molecule has 0 aromatic heterocycles. The van der Waals surface area contributed by atoms with Crippen molar-refractivity contribution in [2.24, 2.45) is 0 Å². The van der Waals surface area contributed by atoms with Gasteiger partial charge in [0.25, 0.3) is 0 Å². The molecule has 4 heteroatoms. The van der Waals surface area contributed by atoms with Crippen LogP contribution >= 0.6 is 0 Å². The van der Waals surface area contributed by atoms with Crippen LogP contribution in [0.1, 0.15) is 6.92 Å². The van der Waals surface area contributed by atoms with Gasteiger partial charge in [-0.1, -0.05) is 54.3 Å². The number of esters is 1. The molecule has 0 saturated carbocycles. The standard InChI is InChI=1S/C14H17NO2Si/c1-4-17-14(16)12(10-15)11-18(2,3)13-8-6-5-7-9-13/h5-9,11H,4H2,1-3H3. The number of carbonyl (C=O) groups is 1. The predicted octanol–water partition coefficient (Wildman–Crippen LogP) is 2.15. The van der Waals surface area contributed by atoms with E-state index in [-0.39, 0.29) is 12.2 Å². The Bertz CT molecular complexity index is 486. The Labute approximate surface area is 109 Å². The predicted molar refractivity (Wildman–Crippen MR) is 73.9 cm³/mol. The summed E-state index contributed by atoms with van der Waals surface area (Å²) in [5, 5.41) is 10.2. The fourth-order valence-electron chi connectivity index (χ4n) is 1.66. The minimum Gasteiger partial charge on any atom is -0.462 e. The molecule has 18 heavy (non-hydrogen) atoms. The molecule has 94 valence electrons. The number of carbonyl (C=O) groups excluding carboxylic acids is 1. The van der Waals surface area contributed by atoms with Gasteiger partial charge in [0.15, 0.2) is 0 Å². The van der Waals surface area contributed by atoms with Crippen molar-refractivity contribution in [2.75, 3.05) is 6.61 Å². The number of hydrogen-bond donors (Lipinski definition) is 0. The maximum Gasteiger partial charge on any atom is 0.348 e. The minimum atomic E-state index is -1.94. The zero-order valence-electron chi connectivity index (χ0n) is 10.9. The molecule has 1 aromatic carbocycles. The van der Waals surface area contributed by atoms with Gasteiger partial charge in [-0.2, -0.15) is 5.26 Å². The highest BCUT2D eigenvalue weighted by Gasteiger charge is 2.23. The summed E-state index contributed by atoms with van der Waals surface area (Å²) in [7, 11) is -1.94. The molecule has 0 radical (unpaired) electrons. The summed E-state index contributed by atoms with van der Waals surface area (Å²) in [6.07, 6.45) is 0. The quantitative estimate of drug-likeness (QED) is 0.360. The van der Waals surface area contributed by atoms with Crippen LogP contribution in [-0.4, -0.2) is 20.7 Å². The second-order valence-electron chi connectivity index (χ2n) is 4.48. The van der Waals surface area contributed by atoms with Crippen LogP contribution in [0.25, 0.3) is 0 Å². The first kappa shape index (κ1) is 14.2. The van der Waals surface area contributed by atoms with Gasteiger partial charge in [-0.25, -0.2) is 4.79 Å². The van der Waals surface area contributed by atoms with Crippen molar-refractivity contribution in [2.45, 2.75) is 20.0 Å². The Morgan fingerprint density at radius 1 is 1.39 bits per heavy atom. The van der Waals surface area contributed by atoms with Crippen LogP contribution in [0.2, 0.25) is 13.1 Å². The van der Waals surface area contributed by atoms with Crippen LogP contribution in [0, 0.1) is 11.3 Å².